The van der Waals surface area contributed by atoms with Gasteiger partial charge < -0.3 is 10.6 Å². The zero-order valence-electron chi connectivity index (χ0n) is 21.3. The van der Waals surface area contributed by atoms with Crippen molar-refractivity contribution in [2.24, 2.45) is 0 Å². The van der Waals surface area contributed by atoms with Crippen LogP contribution in [0.25, 0.3) is 39.5 Å². The van der Waals surface area contributed by atoms with Crippen LogP contribution in [0, 0.1) is 5.82 Å². The molecule has 4 aromatic heterocycles. The summed E-state index contributed by atoms with van der Waals surface area (Å²) in [5, 5.41) is 0. The molecule has 8 nitrogen and oxygen atoms in total. The van der Waals surface area contributed by atoms with Crippen molar-refractivity contribution in [3.63, 3.8) is 0 Å². The summed E-state index contributed by atoms with van der Waals surface area (Å²) in [6.07, 6.45) is 5.32. The molecule has 1 fully saturated rings. The Bertz CT molecular complexity index is 1560. The summed E-state index contributed by atoms with van der Waals surface area (Å²) >= 11 is 0. The van der Waals surface area contributed by atoms with Crippen LogP contribution in [0.4, 0.5) is 10.3 Å². The Morgan fingerprint density at radius 2 is 1.58 bits per heavy atom. The molecule has 1 aromatic carbocycles. The van der Waals surface area contributed by atoms with Gasteiger partial charge in [0.05, 0.1) is 17.6 Å². The Hall–Kier alpha value is -4.21. The van der Waals surface area contributed by atoms with E-state index in [9.17, 15) is 0 Å². The number of nitrogen functional groups attached to an aromatic ring is 1. The van der Waals surface area contributed by atoms with Crippen molar-refractivity contribution in [3.8, 4) is 33.9 Å². The zero-order valence-corrected chi connectivity index (χ0v) is 21.3. The Labute approximate surface area is 220 Å². The molecule has 0 spiro atoms. The molecule has 6 rings (SSSR count). The highest BCUT2D eigenvalue weighted by Gasteiger charge is 2.21. The van der Waals surface area contributed by atoms with E-state index in [4.69, 9.17) is 5.73 Å². The number of pyridine rings is 2. The molecular formula is C29H29FN8. The molecule has 1 aliphatic rings. The molecule has 0 atom stereocenters. The van der Waals surface area contributed by atoms with Crippen molar-refractivity contribution in [2.45, 2.75) is 13.5 Å². The molecule has 38 heavy (non-hydrogen) atoms. The summed E-state index contributed by atoms with van der Waals surface area (Å²) in [4.78, 5) is 22.3. The number of nitrogens with zero attached hydrogens (tertiary/aromatic N) is 7. The van der Waals surface area contributed by atoms with Crippen molar-refractivity contribution in [2.75, 3.05) is 38.5 Å². The van der Waals surface area contributed by atoms with Gasteiger partial charge in [0.1, 0.15) is 17.0 Å². The van der Waals surface area contributed by atoms with Crippen molar-refractivity contribution >= 4 is 11.6 Å². The maximum atomic E-state index is 15.9. The van der Waals surface area contributed by atoms with E-state index in [1.165, 1.54) is 0 Å². The van der Waals surface area contributed by atoms with Crippen LogP contribution in [0.15, 0.2) is 73.2 Å². The number of aromatic nitrogens is 5. The van der Waals surface area contributed by atoms with Gasteiger partial charge in [-0.1, -0.05) is 43.3 Å². The van der Waals surface area contributed by atoms with Gasteiger partial charge in [0.25, 0.3) is 0 Å². The Balaban J connectivity index is 1.31. The quantitative estimate of drug-likeness (QED) is 0.364. The van der Waals surface area contributed by atoms with E-state index in [2.05, 4.69) is 36.7 Å². The number of piperazine rings is 1. The number of hydrogen-bond acceptors (Lipinski definition) is 7. The van der Waals surface area contributed by atoms with Gasteiger partial charge in [0.2, 0.25) is 5.95 Å². The molecular weight excluding hydrogens is 479 g/mol. The Kier molecular flexibility index (Phi) is 6.53. The maximum Gasteiger partial charge on any atom is 0.221 e. The SMILES string of the molecule is CCN1CCN(Cc2ccc(-c3nc(N)nc(-c4cnc5ccc(-c6ccccc6)cn45)c3F)nc2)CC1. The fraction of sp³-hybridized carbons (Fsp3) is 0.241. The van der Waals surface area contributed by atoms with Crippen LogP contribution in [0.3, 0.4) is 0 Å². The van der Waals surface area contributed by atoms with Gasteiger partial charge in [-0.05, 0) is 41.4 Å². The first-order valence-corrected chi connectivity index (χ1v) is 12.8. The third-order valence-electron chi connectivity index (χ3n) is 7.11. The predicted octanol–water partition coefficient (Wildman–Crippen LogP) is 4.38. The second-order valence-electron chi connectivity index (χ2n) is 9.51. The smallest absolute Gasteiger partial charge is 0.221 e. The number of halogens is 1. The average molecular weight is 509 g/mol. The highest BCUT2D eigenvalue weighted by Crippen LogP contribution is 2.30. The maximum absolute atomic E-state index is 15.9. The molecule has 5 heterocycles. The van der Waals surface area contributed by atoms with E-state index in [0.717, 1.165) is 56.0 Å². The van der Waals surface area contributed by atoms with Crippen molar-refractivity contribution in [1.29, 1.82) is 0 Å². The Morgan fingerprint density at radius 3 is 2.32 bits per heavy atom. The lowest BCUT2D eigenvalue weighted by Gasteiger charge is -2.33. The molecule has 5 aromatic rings. The van der Waals surface area contributed by atoms with Crippen molar-refractivity contribution in [1.82, 2.24) is 34.1 Å². The molecule has 0 unspecified atom stereocenters. The van der Waals surface area contributed by atoms with E-state index in [0.29, 0.717) is 17.0 Å². The summed E-state index contributed by atoms with van der Waals surface area (Å²) < 4.78 is 17.7. The van der Waals surface area contributed by atoms with Crippen LogP contribution in [-0.4, -0.2) is 66.9 Å². The number of likely N-dealkylation sites (N-methyl/N-ethyl adjacent to an activating group) is 1. The number of anilines is 1. The van der Waals surface area contributed by atoms with E-state index in [-0.39, 0.29) is 17.3 Å². The topological polar surface area (TPSA) is 88.5 Å². The number of imidazole rings is 1. The van der Waals surface area contributed by atoms with Gasteiger partial charge in [-0.25, -0.2) is 19.3 Å². The van der Waals surface area contributed by atoms with E-state index < -0.39 is 5.82 Å². The van der Waals surface area contributed by atoms with Gasteiger partial charge >= 0.3 is 0 Å². The second-order valence-corrected chi connectivity index (χ2v) is 9.51. The van der Waals surface area contributed by atoms with E-state index in [1.54, 1.807) is 18.5 Å². The summed E-state index contributed by atoms with van der Waals surface area (Å²) in [7, 11) is 0. The van der Waals surface area contributed by atoms with Crippen molar-refractivity contribution in [3.05, 3.63) is 84.6 Å². The summed E-state index contributed by atoms with van der Waals surface area (Å²) in [6, 6.07) is 17.7. The highest BCUT2D eigenvalue weighted by atomic mass is 19.1. The number of hydrogen-bond donors (Lipinski definition) is 1. The standard InChI is InChI=1S/C29H29FN8/c1-2-36-12-14-37(15-13-36)18-20-8-10-23(32-16-20)27-26(30)28(35-29(31)34-27)24-17-33-25-11-9-22(19-38(24)25)21-6-4-3-5-7-21/h3-11,16-17,19H,2,12-15,18H2,1H3,(H2,31,34,35). The van der Waals surface area contributed by atoms with Gasteiger partial charge in [0, 0.05) is 45.1 Å². The van der Waals surface area contributed by atoms with Crippen LogP contribution in [-0.2, 0) is 6.54 Å². The fourth-order valence-corrected chi connectivity index (χ4v) is 4.94. The number of benzene rings is 1. The molecule has 2 N–H and O–H groups in total. The van der Waals surface area contributed by atoms with Gasteiger partial charge in [-0.3, -0.25) is 14.3 Å². The molecule has 0 saturated carbocycles. The monoisotopic (exact) mass is 508 g/mol. The third kappa shape index (κ3) is 4.73. The normalized spacial score (nSPS) is 14.8. The summed E-state index contributed by atoms with van der Waals surface area (Å²) in [5.74, 6) is -0.604. The first-order chi connectivity index (χ1) is 18.6. The van der Waals surface area contributed by atoms with Crippen LogP contribution in [0.5, 0.6) is 0 Å². The van der Waals surface area contributed by atoms with Crippen LogP contribution >= 0.6 is 0 Å². The lowest BCUT2D eigenvalue weighted by molar-refractivity contribution is 0.132. The predicted molar refractivity (Wildman–Crippen MR) is 147 cm³/mol. The molecule has 0 amide bonds. The largest absolute Gasteiger partial charge is 0.368 e. The minimum Gasteiger partial charge on any atom is -0.368 e. The second kappa shape index (κ2) is 10.3. The van der Waals surface area contributed by atoms with E-state index >= 15 is 4.39 Å². The molecule has 0 bridgehead atoms. The first-order valence-electron chi connectivity index (χ1n) is 12.8. The zero-order chi connectivity index (χ0) is 26.1. The average Bonchev–Trinajstić information content (AvgIpc) is 3.38. The van der Waals surface area contributed by atoms with Crippen molar-refractivity contribution < 1.29 is 4.39 Å². The molecule has 0 radical (unpaired) electrons. The first kappa shape index (κ1) is 24.1. The van der Waals surface area contributed by atoms with Crippen LogP contribution in [0.1, 0.15) is 12.5 Å². The number of fused-ring (bicyclic) bond motifs is 1. The molecule has 1 saturated heterocycles. The minimum atomic E-state index is -0.581. The fourth-order valence-electron chi connectivity index (χ4n) is 4.94. The van der Waals surface area contributed by atoms with Gasteiger partial charge in [-0.2, -0.15) is 0 Å². The van der Waals surface area contributed by atoms with Gasteiger partial charge in [-0.15, -0.1) is 0 Å². The van der Waals surface area contributed by atoms with Crippen LogP contribution < -0.4 is 5.73 Å². The minimum absolute atomic E-state index is 0.0229. The number of rotatable bonds is 6. The number of nitrogens with two attached hydrogens (primary N) is 1. The molecule has 192 valence electrons. The summed E-state index contributed by atoms with van der Waals surface area (Å²) in [5.41, 5.74) is 10.9. The lowest BCUT2D eigenvalue weighted by Crippen LogP contribution is -2.45. The van der Waals surface area contributed by atoms with E-state index in [1.807, 2.05) is 59.1 Å². The molecule has 0 aliphatic carbocycles. The molecule has 1 aliphatic heterocycles. The van der Waals surface area contributed by atoms with Crippen LogP contribution in [0.2, 0.25) is 0 Å². The van der Waals surface area contributed by atoms with Gasteiger partial charge in [0.15, 0.2) is 5.82 Å². The summed E-state index contributed by atoms with van der Waals surface area (Å²) in [6.45, 7) is 8.31. The molecule has 9 heteroatoms. The Morgan fingerprint density at radius 1 is 0.816 bits per heavy atom. The lowest BCUT2D eigenvalue weighted by atomic mass is 10.1. The third-order valence-corrected chi connectivity index (χ3v) is 7.11. The highest BCUT2D eigenvalue weighted by molar-refractivity contribution is 5.71.